The highest BCUT2D eigenvalue weighted by atomic mass is 32.2. The Morgan fingerprint density at radius 2 is 1.97 bits per heavy atom. The molecule has 1 aromatic rings. The van der Waals surface area contributed by atoms with Gasteiger partial charge in [-0.15, -0.1) is 0 Å². The number of carbonyl (C=O) groups excluding carboxylic acids is 2. The molecule has 0 spiro atoms. The molecule has 2 rings (SSSR count). The maximum atomic E-state index is 12.4. The van der Waals surface area contributed by atoms with Gasteiger partial charge in [0, 0.05) is 6.54 Å². The summed E-state index contributed by atoms with van der Waals surface area (Å²) in [5, 5.41) is 2.20. The molecule has 1 atom stereocenters. The number of imide groups is 1. The molecule has 160 valence electrons. The predicted octanol–water partition coefficient (Wildman–Crippen LogP) is 2.74. The van der Waals surface area contributed by atoms with Gasteiger partial charge in [-0.05, 0) is 36.0 Å². The van der Waals surface area contributed by atoms with Gasteiger partial charge in [0.25, 0.3) is 0 Å². The van der Waals surface area contributed by atoms with E-state index < -0.39 is 15.9 Å². The first-order chi connectivity index (χ1) is 13.7. The van der Waals surface area contributed by atoms with Crippen molar-refractivity contribution >= 4 is 21.8 Å². The summed E-state index contributed by atoms with van der Waals surface area (Å²) in [5.74, 6) is 0.835. The van der Waals surface area contributed by atoms with E-state index in [1.165, 1.54) is 4.90 Å². The number of ether oxygens (including phenoxy) is 1. The van der Waals surface area contributed by atoms with Crippen LogP contribution in [0.25, 0.3) is 0 Å². The van der Waals surface area contributed by atoms with Crippen molar-refractivity contribution in [2.75, 3.05) is 31.2 Å². The molecule has 0 aliphatic carbocycles. The van der Waals surface area contributed by atoms with Crippen molar-refractivity contribution in [3.05, 3.63) is 42.0 Å². The molecule has 0 unspecified atom stereocenters. The molecule has 0 radical (unpaired) electrons. The van der Waals surface area contributed by atoms with Crippen molar-refractivity contribution in [2.24, 2.45) is 5.92 Å². The molecule has 7 nitrogen and oxygen atoms in total. The number of rotatable bonds is 11. The van der Waals surface area contributed by atoms with Crippen LogP contribution in [0.4, 0.5) is 4.79 Å². The Bertz CT molecular complexity index is 848. The fraction of sp³-hybridized carbons (Fsp3) is 0.524. The van der Waals surface area contributed by atoms with Crippen LogP contribution in [0, 0.1) is 5.92 Å². The van der Waals surface area contributed by atoms with Crippen molar-refractivity contribution in [1.82, 2.24) is 10.2 Å². The third kappa shape index (κ3) is 7.89. The summed E-state index contributed by atoms with van der Waals surface area (Å²) >= 11 is 0. The summed E-state index contributed by atoms with van der Waals surface area (Å²) in [6, 6.07) is 7.18. The van der Waals surface area contributed by atoms with Crippen molar-refractivity contribution in [2.45, 2.75) is 33.1 Å². The highest BCUT2D eigenvalue weighted by molar-refractivity contribution is 7.91. The summed E-state index contributed by atoms with van der Waals surface area (Å²) in [6.45, 7) is 7.00. The third-order valence-corrected chi connectivity index (χ3v) is 6.34. The number of allylic oxidation sites excluding steroid dienone is 1. The first kappa shape index (κ1) is 22.9. The zero-order chi connectivity index (χ0) is 21.4. The fourth-order valence-corrected chi connectivity index (χ4v) is 4.55. The number of sulfone groups is 1. The van der Waals surface area contributed by atoms with Crippen molar-refractivity contribution in [3.8, 4) is 5.75 Å². The van der Waals surface area contributed by atoms with Gasteiger partial charge in [0.15, 0.2) is 9.84 Å². The SMILES string of the molecule is CC(C)COc1cccc([C@@H](C)CS(=O)(=O)CC/C=C/CN2CC(=O)NC2=O)c1. The number of nitrogens with zero attached hydrogens (tertiary/aromatic N) is 1. The third-order valence-electron chi connectivity index (χ3n) is 4.47. The molecule has 29 heavy (non-hydrogen) atoms. The summed E-state index contributed by atoms with van der Waals surface area (Å²) in [6.07, 6.45) is 3.82. The molecule has 0 bridgehead atoms. The van der Waals surface area contributed by atoms with Gasteiger partial charge in [-0.25, -0.2) is 13.2 Å². The van der Waals surface area contributed by atoms with Gasteiger partial charge in [0.1, 0.15) is 12.3 Å². The zero-order valence-corrected chi connectivity index (χ0v) is 18.1. The van der Waals surface area contributed by atoms with Crippen LogP contribution >= 0.6 is 0 Å². The normalized spacial score (nSPS) is 15.9. The molecule has 1 saturated heterocycles. The molecule has 1 fully saturated rings. The van der Waals surface area contributed by atoms with Gasteiger partial charge in [-0.1, -0.05) is 45.1 Å². The number of hydrogen-bond donors (Lipinski definition) is 1. The van der Waals surface area contributed by atoms with Crippen LogP contribution in [0.15, 0.2) is 36.4 Å². The van der Waals surface area contributed by atoms with Gasteiger partial charge >= 0.3 is 6.03 Å². The van der Waals surface area contributed by atoms with Gasteiger partial charge in [0.2, 0.25) is 5.91 Å². The number of amides is 3. The number of benzene rings is 1. The summed E-state index contributed by atoms with van der Waals surface area (Å²) < 4.78 is 30.6. The Morgan fingerprint density at radius 1 is 1.21 bits per heavy atom. The van der Waals surface area contributed by atoms with Gasteiger partial charge in [-0.3, -0.25) is 10.1 Å². The lowest BCUT2D eigenvalue weighted by atomic mass is 10.0. The van der Waals surface area contributed by atoms with Crippen LogP contribution in [-0.2, 0) is 14.6 Å². The zero-order valence-electron chi connectivity index (χ0n) is 17.3. The lowest BCUT2D eigenvalue weighted by molar-refractivity contribution is -0.118. The quantitative estimate of drug-likeness (QED) is 0.437. The maximum Gasteiger partial charge on any atom is 0.324 e. The van der Waals surface area contributed by atoms with Gasteiger partial charge in [0.05, 0.1) is 18.1 Å². The average molecular weight is 423 g/mol. The van der Waals surface area contributed by atoms with E-state index in [0.29, 0.717) is 18.9 Å². The van der Waals surface area contributed by atoms with Crippen LogP contribution < -0.4 is 10.1 Å². The smallest absolute Gasteiger partial charge is 0.324 e. The molecule has 1 N–H and O–H groups in total. The highest BCUT2D eigenvalue weighted by Crippen LogP contribution is 2.23. The van der Waals surface area contributed by atoms with E-state index in [1.807, 2.05) is 31.2 Å². The van der Waals surface area contributed by atoms with E-state index in [9.17, 15) is 18.0 Å². The lowest BCUT2D eigenvalue weighted by Crippen LogP contribution is -2.28. The molecule has 0 aromatic heterocycles. The highest BCUT2D eigenvalue weighted by Gasteiger charge is 2.25. The molecule has 1 heterocycles. The van der Waals surface area contributed by atoms with E-state index in [4.69, 9.17) is 4.74 Å². The van der Waals surface area contributed by atoms with Crippen molar-refractivity contribution in [3.63, 3.8) is 0 Å². The van der Waals surface area contributed by atoms with Gasteiger partial charge in [-0.2, -0.15) is 0 Å². The standard InChI is InChI=1S/C21H30N2O5S/c1-16(2)14-28-19-9-7-8-18(12-19)17(3)15-29(26,27)11-6-4-5-10-23-13-20(24)22-21(23)25/h4-5,7-9,12,16-17H,6,10-11,13-15H2,1-3H3,(H,22,24,25)/b5-4+/t17-/m0/s1. The topological polar surface area (TPSA) is 92.8 Å². The largest absolute Gasteiger partial charge is 0.493 e. The minimum atomic E-state index is -3.23. The minimum absolute atomic E-state index is 0.0406. The Balaban J connectivity index is 1.81. The Morgan fingerprint density at radius 3 is 2.62 bits per heavy atom. The van der Waals surface area contributed by atoms with Crippen LogP contribution in [0.5, 0.6) is 5.75 Å². The van der Waals surface area contributed by atoms with E-state index in [2.05, 4.69) is 19.2 Å². The van der Waals surface area contributed by atoms with Crippen molar-refractivity contribution in [1.29, 1.82) is 0 Å². The second kappa shape index (κ2) is 10.4. The predicted molar refractivity (Wildman–Crippen MR) is 113 cm³/mol. The molecule has 8 heteroatoms. The lowest BCUT2D eigenvalue weighted by Gasteiger charge is -2.15. The maximum absolute atomic E-state index is 12.4. The number of hydrogen-bond acceptors (Lipinski definition) is 5. The fourth-order valence-electron chi connectivity index (χ4n) is 2.93. The van der Waals surface area contributed by atoms with Crippen LogP contribution in [0.1, 0.15) is 38.7 Å². The molecule has 1 aliphatic heterocycles. The molecule has 1 aromatic carbocycles. The second-order valence-corrected chi connectivity index (χ2v) is 10.0. The summed E-state index contributed by atoms with van der Waals surface area (Å²) in [5.41, 5.74) is 0.940. The Hall–Kier alpha value is -2.35. The minimum Gasteiger partial charge on any atom is -0.493 e. The number of carbonyl (C=O) groups is 2. The monoisotopic (exact) mass is 422 g/mol. The Labute approximate surface area is 173 Å². The summed E-state index contributed by atoms with van der Waals surface area (Å²) in [7, 11) is -3.23. The molecular formula is C21H30N2O5S. The van der Waals surface area contributed by atoms with Crippen LogP contribution in [-0.4, -0.2) is 56.5 Å². The summed E-state index contributed by atoms with van der Waals surface area (Å²) in [4.78, 5) is 23.9. The van der Waals surface area contributed by atoms with Crippen LogP contribution in [0.2, 0.25) is 0 Å². The Kier molecular flexibility index (Phi) is 8.25. The van der Waals surface area contributed by atoms with E-state index in [0.717, 1.165) is 11.3 Å². The first-order valence-electron chi connectivity index (χ1n) is 9.83. The molecule has 1 aliphatic rings. The number of nitrogens with one attached hydrogen (secondary N) is 1. The molecule has 3 amide bonds. The van der Waals surface area contributed by atoms with Gasteiger partial charge < -0.3 is 9.64 Å². The van der Waals surface area contributed by atoms with E-state index in [-0.39, 0.29) is 36.4 Å². The van der Waals surface area contributed by atoms with E-state index in [1.54, 1.807) is 12.2 Å². The molecule has 0 saturated carbocycles. The van der Waals surface area contributed by atoms with Crippen LogP contribution in [0.3, 0.4) is 0 Å². The van der Waals surface area contributed by atoms with Crippen molar-refractivity contribution < 1.29 is 22.7 Å². The second-order valence-electron chi connectivity index (χ2n) is 7.79. The number of urea groups is 1. The average Bonchev–Trinajstić information content (AvgIpc) is 2.96. The van der Waals surface area contributed by atoms with E-state index >= 15 is 0 Å². The molecular weight excluding hydrogens is 392 g/mol. The first-order valence-corrected chi connectivity index (χ1v) is 11.7.